The molecule has 1 fully saturated rings. The van der Waals surface area contributed by atoms with Gasteiger partial charge in [-0.05, 0) is 69.3 Å². The second kappa shape index (κ2) is 11.3. The van der Waals surface area contributed by atoms with Gasteiger partial charge in [0.25, 0.3) is 0 Å². The molecule has 2 heterocycles. The maximum Gasteiger partial charge on any atom is 0.238 e. The van der Waals surface area contributed by atoms with Crippen molar-refractivity contribution < 1.29 is 9.18 Å². The highest BCUT2D eigenvalue weighted by atomic mass is 32.2. The van der Waals surface area contributed by atoms with Gasteiger partial charge in [-0.15, -0.1) is 10.2 Å². The van der Waals surface area contributed by atoms with E-state index in [9.17, 15) is 14.4 Å². The number of likely N-dealkylation sites (tertiary alicyclic amines) is 1. The molecule has 0 N–H and O–H groups in total. The van der Waals surface area contributed by atoms with Crippen LogP contribution >= 0.6 is 11.8 Å². The molecule has 0 unspecified atom stereocenters. The molecular formula is C25H27FN6OS. The monoisotopic (exact) mass is 478 g/mol. The van der Waals surface area contributed by atoms with E-state index >= 15 is 0 Å². The van der Waals surface area contributed by atoms with Gasteiger partial charge in [-0.1, -0.05) is 36.4 Å². The fourth-order valence-electron chi connectivity index (χ4n) is 4.15. The fraction of sp³-hybridized carbons (Fsp3) is 0.360. The predicted octanol–water partition coefficient (Wildman–Crippen LogP) is 4.60. The van der Waals surface area contributed by atoms with Crippen molar-refractivity contribution in [2.75, 3.05) is 30.3 Å². The molecule has 1 atom stereocenters. The first kappa shape index (κ1) is 23.9. The van der Waals surface area contributed by atoms with Crippen LogP contribution in [-0.4, -0.2) is 51.0 Å². The minimum absolute atomic E-state index is 0.0299. The van der Waals surface area contributed by atoms with Crippen LogP contribution in [0.5, 0.6) is 0 Å². The van der Waals surface area contributed by atoms with Crippen molar-refractivity contribution in [3.05, 3.63) is 66.2 Å². The molecule has 0 aliphatic carbocycles. The van der Waals surface area contributed by atoms with Crippen molar-refractivity contribution in [2.24, 2.45) is 0 Å². The lowest BCUT2D eigenvalue weighted by Crippen LogP contribution is -2.33. The molecule has 34 heavy (non-hydrogen) atoms. The molecule has 0 saturated carbocycles. The zero-order chi connectivity index (χ0) is 23.9. The number of nitriles is 1. The Morgan fingerprint density at radius 3 is 2.50 bits per heavy atom. The zero-order valence-electron chi connectivity index (χ0n) is 19.1. The molecule has 2 aromatic carbocycles. The van der Waals surface area contributed by atoms with Crippen LogP contribution in [0.25, 0.3) is 5.69 Å². The number of anilines is 1. The van der Waals surface area contributed by atoms with Crippen molar-refractivity contribution in [3.8, 4) is 11.8 Å². The van der Waals surface area contributed by atoms with Crippen LogP contribution in [0, 0.1) is 17.1 Å². The van der Waals surface area contributed by atoms with E-state index in [2.05, 4.69) is 28.1 Å². The molecule has 1 aliphatic rings. The molecule has 4 rings (SSSR count). The molecule has 3 aromatic rings. The Balaban J connectivity index is 1.59. The van der Waals surface area contributed by atoms with Gasteiger partial charge in [0.05, 0.1) is 17.9 Å². The Hall–Kier alpha value is -3.22. The number of rotatable bonds is 8. The summed E-state index contributed by atoms with van der Waals surface area (Å²) < 4.78 is 15.5. The molecule has 1 amide bonds. The second-order valence-electron chi connectivity index (χ2n) is 8.19. The first-order chi connectivity index (χ1) is 16.6. The summed E-state index contributed by atoms with van der Waals surface area (Å²) in [5.74, 6) is 0.341. The van der Waals surface area contributed by atoms with E-state index in [1.807, 2.05) is 22.8 Å². The first-order valence-electron chi connectivity index (χ1n) is 11.4. The molecule has 0 spiro atoms. The maximum atomic E-state index is 13.6. The molecule has 1 saturated heterocycles. The Bertz CT molecular complexity index is 1140. The third-order valence-corrected chi connectivity index (χ3v) is 6.89. The standard InChI is InChI=1S/C25H27FN6OS/c1-19(30-15-6-3-7-16-30)24-28-29-25(32(24)22-12-10-20(26)11-13-22)34-18-23(33)31(17-14-27)21-8-4-2-5-9-21/h2,4-5,8-13,19H,3,6-7,15-18H2,1H3/t19-/m0/s1. The first-order valence-corrected chi connectivity index (χ1v) is 12.4. The van der Waals surface area contributed by atoms with Crippen LogP contribution in [0.4, 0.5) is 10.1 Å². The largest absolute Gasteiger partial charge is 0.298 e. The summed E-state index contributed by atoms with van der Waals surface area (Å²) in [6, 6.07) is 17.5. The lowest BCUT2D eigenvalue weighted by atomic mass is 10.1. The van der Waals surface area contributed by atoms with E-state index in [-0.39, 0.29) is 30.1 Å². The highest BCUT2D eigenvalue weighted by molar-refractivity contribution is 7.99. The lowest BCUT2D eigenvalue weighted by Gasteiger charge is -2.31. The van der Waals surface area contributed by atoms with Crippen molar-refractivity contribution >= 4 is 23.4 Å². The molecule has 7 nitrogen and oxygen atoms in total. The normalized spacial score (nSPS) is 15.0. The van der Waals surface area contributed by atoms with Gasteiger partial charge in [0, 0.05) is 11.4 Å². The van der Waals surface area contributed by atoms with E-state index in [0.717, 1.165) is 37.4 Å². The minimum atomic E-state index is -0.318. The average Bonchev–Trinajstić information content (AvgIpc) is 3.30. The molecule has 176 valence electrons. The minimum Gasteiger partial charge on any atom is -0.298 e. The Labute approximate surface area is 203 Å². The number of nitrogens with zero attached hydrogens (tertiary/aromatic N) is 6. The number of para-hydroxylation sites is 1. The van der Waals surface area contributed by atoms with E-state index in [1.165, 1.54) is 35.2 Å². The Kier molecular flexibility index (Phi) is 7.93. The van der Waals surface area contributed by atoms with Gasteiger partial charge >= 0.3 is 0 Å². The number of carbonyl (C=O) groups is 1. The SMILES string of the molecule is C[C@@H](c1nnc(SCC(=O)N(CC#N)c2ccccc2)n1-c1ccc(F)cc1)N1CCCCC1. The predicted molar refractivity (Wildman–Crippen MR) is 130 cm³/mol. The van der Waals surface area contributed by atoms with Gasteiger partial charge in [0.2, 0.25) is 5.91 Å². The number of carbonyl (C=O) groups excluding carboxylic acids is 1. The van der Waals surface area contributed by atoms with E-state index < -0.39 is 0 Å². The van der Waals surface area contributed by atoms with Crippen LogP contribution in [0.1, 0.15) is 38.1 Å². The Morgan fingerprint density at radius 2 is 1.82 bits per heavy atom. The number of thioether (sulfide) groups is 1. The van der Waals surface area contributed by atoms with E-state index in [0.29, 0.717) is 10.8 Å². The summed E-state index contributed by atoms with van der Waals surface area (Å²) in [6.07, 6.45) is 3.54. The molecule has 1 aromatic heterocycles. The number of hydrogen-bond donors (Lipinski definition) is 0. The highest BCUT2D eigenvalue weighted by Crippen LogP contribution is 2.30. The summed E-state index contributed by atoms with van der Waals surface area (Å²) in [7, 11) is 0. The van der Waals surface area contributed by atoms with Crippen molar-refractivity contribution in [3.63, 3.8) is 0 Å². The number of piperidine rings is 1. The van der Waals surface area contributed by atoms with Gasteiger partial charge < -0.3 is 0 Å². The molecule has 1 aliphatic heterocycles. The summed E-state index contributed by atoms with van der Waals surface area (Å²) in [4.78, 5) is 16.9. The number of hydrogen-bond acceptors (Lipinski definition) is 6. The molecule has 9 heteroatoms. The molecule has 0 bridgehead atoms. The summed E-state index contributed by atoms with van der Waals surface area (Å²) in [5, 5.41) is 18.7. The third-order valence-electron chi connectivity index (χ3n) is 5.98. The quantitative estimate of drug-likeness (QED) is 0.348. The maximum absolute atomic E-state index is 13.6. The number of halogens is 1. The fourth-order valence-corrected chi connectivity index (χ4v) is 4.99. The second-order valence-corrected chi connectivity index (χ2v) is 9.13. The van der Waals surface area contributed by atoms with Crippen LogP contribution < -0.4 is 4.90 Å². The Morgan fingerprint density at radius 1 is 1.12 bits per heavy atom. The molecular weight excluding hydrogens is 451 g/mol. The summed E-state index contributed by atoms with van der Waals surface area (Å²) in [6.45, 7) is 4.07. The highest BCUT2D eigenvalue weighted by Gasteiger charge is 2.26. The third kappa shape index (κ3) is 5.46. The number of amides is 1. The number of benzene rings is 2. The smallest absolute Gasteiger partial charge is 0.238 e. The topological polar surface area (TPSA) is 78.0 Å². The van der Waals surface area contributed by atoms with Gasteiger partial charge in [-0.2, -0.15) is 5.26 Å². The summed E-state index contributed by atoms with van der Waals surface area (Å²) >= 11 is 1.26. The van der Waals surface area contributed by atoms with E-state index in [4.69, 9.17) is 0 Å². The van der Waals surface area contributed by atoms with Crippen molar-refractivity contribution in [1.29, 1.82) is 5.26 Å². The van der Waals surface area contributed by atoms with Gasteiger partial charge in [-0.25, -0.2) is 4.39 Å². The van der Waals surface area contributed by atoms with E-state index in [1.54, 1.807) is 24.3 Å². The molecule has 0 radical (unpaired) electrons. The van der Waals surface area contributed by atoms with Crippen LogP contribution in [0.15, 0.2) is 59.8 Å². The van der Waals surface area contributed by atoms with Gasteiger partial charge in [-0.3, -0.25) is 19.2 Å². The number of aromatic nitrogens is 3. The van der Waals surface area contributed by atoms with Crippen molar-refractivity contribution in [1.82, 2.24) is 19.7 Å². The average molecular weight is 479 g/mol. The van der Waals surface area contributed by atoms with Gasteiger partial charge in [0.1, 0.15) is 12.4 Å². The van der Waals surface area contributed by atoms with Crippen molar-refractivity contribution in [2.45, 2.75) is 37.4 Å². The zero-order valence-corrected chi connectivity index (χ0v) is 19.9. The van der Waals surface area contributed by atoms with Gasteiger partial charge in [0.15, 0.2) is 11.0 Å². The van der Waals surface area contributed by atoms with Crippen LogP contribution in [0.3, 0.4) is 0 Å². The summed E-state index contributed by atoms with van der Waals surface area (Å²) in [5.41, 5.74) is 1.42. The van der Waals surface area contributed by atoms with Crippen LogP contribution in [-0.2, 0) is 4.79 Å². The lowest BCUT2D eigenvalue weighted by molar-refractivity contribution is -0.116. The van der Waals surface area contributed by atoms with Crippen LogP contribution in [0.2, 0.25) is 0 Å².